The lowest BCUT2D eigenvalue weighted by Crippen LogP contribution is -2.20. The van der Waals surface area contributed by atoms with Gasteiger partial charge in [-0.2, -0.15) is 5.10 Å². The largest absolute Gasteiger partial charge is 0.324 e. The quantitative estimate of drug-likeness (QED) is 0.767. The van der Waals surface area contributed by atoms with E-state index in [2.05, 4.69) is 10.4 Å². The summed E-state index contributed by atoms with van der Waals surface area (Å²) in [5, 5.41) is 7.45. The summed E-state index contributed by atoms with van der Waals surface area (Å²) in [6.45, 7) is 0. The van der Waals surface area contributed by atoms with Gasteiger partial charge in [0.2, 0.25) is 0 Å². The standard InChI is InChI=1S/C20H22N4O/c25-20(16-8-10-17(11-9-16)23-14-4-5-15-23)22-19-12-13-21-24(19)18-6-2-1-3-7-18/h4-5,8-15,18H,1-3,6-7H2,(H,22,25). The topological polar surface area (TPSA) is 51.9 Å². The van der Waals surface area contributed by atoms with Crippen LogP contribution in [0, 0.1) is 0 Å². The zero-order valence-corrected chi connectivity index (χ0v) is 14.1. The lowest BCUT2D eigenvalue weighted by Gasteiger charge is -2.23. The summed E-state index contributed by atoms with van der Waals surface area (Å²) >= 11 is 0. The van der Waals surface area contributed by atoms with E-state index < -0.39 is 0 Å². The van der Waals surface area contributed by atoms with Crippen molar-refractivity contribution in [3.8, 4) is 5.69 Å². The van der Waals surface area contributed by atoms with Crippen molar-refractivity contribution in [2.45, 2.75) is 38.1 Å². The van der Waals surface area contributed by atoms with Crippen LogP contribution in [-0.2, 0) is 0 Å². The Morgan fingerprint density at radius 1 is 1.00 bits per heavy atom. The van der Waals surface area contributed by atoms with Gasteiger partial charge in [-0.3, -0.25) is 4.79 Å². The van der Waals surface area contributed by atoms with Gasteiger partial charge in [0.1, 0.15) is 5.82 Å². The number of hydrogen-bond donors (Lipinski definition) is 1. The summed E-state index contributed by atoms with van der Waals surface area (Å²) in [4.78, 5) is 12.6. The predicted octanol–water partition coefficient (Wildman–Crippen LogP) is 4.43. The number of carbonyl (C=O) groups excluding carboxylic acids is 1. The van der Waals surface area contributed by atoms with Crippen LogP contribution in [0.2, 0.25) is 0 Å². The zero-order valence-electron chi connectivity index (χ0n) is 14.1. The molecule has 25 heavy (non-hydrogen) atoms. The molecule has 0 aliphatic heterocycles. The first-order chi connectivity index (χ1) is 12.3. The van der Waals surface area contributed by atoms with Crippen LogP contribution in [0.15, 0.2) is 61.1 Å². The van der Waals surface area contributed by atoms with Gasteiger partial charge in [0.15, 0.2) is 0 Å². The van der Waals surface area contributed by atoms with Crippen LogP contribution in [0.3, 0.4) is 0 Å². The Kier molecular flexibility index (Phi) is 4.37. The van der Waals surface area contributed by atoms with Gasteiger partial charge in [-0.15, -0.1) is 0 Å². The molecule has 1 fully saturated rings. The molecule has 0 saturated heterocycles. The fourth-order valence-corrected chi connectivity index (χ4v) is 3.51. The number of rotatable bonds is 4. The molecule has 4 rings (SSSR count). The zero-order chi connectivity index (χ0) is 17.1. The van der Waals surface area contributed by atoms with Gasteiger partial charge in [-0.25, -0.2) is 4.68 Å². The second kappa shape index (κ2) is 6.97. The van der Waals surface area contributed by atoms with Crippen LogP contribution in [0.4, 0.5) is 5.82 Å². The normalized spacial score (nSPS) is 15.2. The lowest BCUT2D eigenvalue weighted by molar-refractivity contribution is 0.102. The van der Waals surface area contributed by atoms with E-state index in [1.165, 1.54) is 19.3 Å². The van der Waals surface area contributed by atoms with Crippen LogP contribution in [0.1, 0.15) is 48.5 Å². The first-order valence-corrected chi connectivity index (χ1v) is 8.89. The summed E-state index contributed by atoms with van der Waals surface area (Å²) in [6, 6.07) is 13.8. The second-order valence-electron chi connectivity index (χ2n) is 6.54. The first kappa shape index (κ1) is 15.7. The van der Waals surface area contributed by atoms with E-state index in [0.717, 1.165) is 24.3 Å². The number of nitrogens with one attached hydrogen (secondary N) is 1. The molecule has 1 amide bonds. The van der Waals surface area contributed by atoms with E-state index in [0.29, 0.717) is 11.6 Å². The molecule has 1 aromatic carbocycles. The molecule has 5 heteroatoms. The van der Waals surface area contributed by atoms with Gasteiger partial charge in [-0.1, -0.05) is 19.3 Å². The molecule has 0 radical (unpaired) electrons. The third-order valence-electron chi connectivity index (χ3n) is 4.86. The molecule has 0 spiro atoms. The van der Waals surface area contributed by atoms with Crippen molar-refractivity contribution < 1.29 is 4.79 Å². The van der Waals surface area contributed by atoms with Crippen molar-refractivity contribution in [2.75, 3.05) is 5.32 Å². The number of anilines is 1. The summed E-state index contributed by atoms with van der Waals surface area (Å²) in [5.41, 5.74) is 1.68. The fourth-order valence-electron chi connectivity index (χ4n) is 3.51. The van der Waals surface area contributed by atoms with Crippen molar-refractivity contribution in [3.05, 3.63) is 66.6 Å². The van der Waals surface area contributed by atoms with E-state index in [9.17, 15) is 4.79 Å². The highest BCUT2D eigenvalue weighted by Crippen LogP contribution is 2.30. The van der Waals surface area contributed by atoms with Gasteiger partial charge in [0.05, 0.1) is 12.2 Å². The smallest absolute Gasteiger partial charge is 0.256 e. The van der Waals surface area contributed by atoms with Crippen LogP contribution < -0.4 is 5.32 Å². The minimum atomic E-state index is -0.100. The van der Waals surface area contributed by atoms with E-state index in [-0.39, 0.29) is 5.91 Å². The molecule has 0 atom stereocenters. The molecule has 1 saturated carbocycles. The number of benzene rings is 1. The third-order valence-corrected chi connectivity index (χ3v) is 4.86. The molecule has 2 aromatic heterocycles. The molecular formula is C20H22N4O. The fraction of sp³-hybridized carbons (Fsp3) is 0.300. The summed E-state index contributed by atoms with van der Waals surface area (Å²) in [6.07, 6.45) is 11.8. The van der Waals surface area contributed by atoms with Crippen molar-refractivity contribution in [1.29, 1.82) is 0 Å². The van der Waals surface area contributed by atoms with Crippen molar-refractivity contribution in [1.82, 2.24) is 14.3 Å². The number of amides is 1. The molecule has 3 aromatic rings. The van der Waals surface area contributed by atoms with E-state index >= 15 is 0 Å². The minimum absolute atomic E-state index is 0.100. The lowest BCUT2D eigenvalue weighted by atomic mass is 9.96. The van der Waals surface area contributed by atoms with Crippen LogP contribution in [0.25, 0.3) is 5.69 Å². The monoisotopic (exact) mass is 334 g/mol. The van der Waals surface area contributed by atoms with Gasteiger partial charge in [-0.05, 0) is 49.2 Å². The third kappa shape index (κ3) is 3.36. The average molecular weight is 334 g/mol. The van der Waals surface area contributed by atoms with Crippen LogP contribution in [0.5, 0.6) is 0 Å². The Bertz CT molecular complexity index is 827. The van der Waals surface area contributed by atoms with E-state index in [1.54, 1.807) is 6.20 Å². The molecule has 1 aliphatic rings. The van der Waals surface area contributed by atoms with Crippen LogP contribution in [-0.4, -0.2) is 20.3 Å². The molecule has 0 bridgehead atoms. The maximum absolute atomic E-state index is 12.6. The number of aromatic nitrogens is 3. The highest BCUT2D eigenvalue weighted by molar-refractivity contribution is 6.03. The second-order valence-corrected chi connectivity index (χ2v) is 6.54. The van der Waals surface area contributed by atoms with Crippen molar-refractivity contribution >= 4 is 11.7 Å². The summed E-state index contributed by atoms with van der Waals surface area (Å²) < 4.78 is 3.99. The Balaban J connectivity index is 1.48. The van der Waals surface area contributed by atoms with Crippen LogP contribution >= 0.6 is 0 Å². The predicted molar refractivity (Wildman–Crippen MR) is 98.1 cm³/mol. The highest BCUT2D eigenvalue weighted by atomic mass is 16.1. The molecule has 2 heterocycles. The maximum atomic E-state index is 12.6. The Morgan fingerprint density at radius 2 is 1.72 bits per heavy atom. The first-order valence-electron chi connectivity index (χ1n) is 8.89. The SMILES string of the molecule is O=C(Nc1ccnn1C1CCCCC1)c1ccc(-n2cccc2)cc1. The molecular weight excluding hydrogens is 312 g/mol. The Morgan fingerprint density at radius 3 is 2.44 bits per heavy atom. The average Bonchev–Trinajstić information content (AvgIpc) is 3.35. The number of nitrogens with zero attached hydrogens (tertiary/aromatic N) is 3. The number of hydrogen-bond acceptors (Lipinski definition) is 2. The van der Waals surface area contributed by atoms with E-state index in [1.807, 2.05) is 64.1 Å². The molecule has 0 unspecified atom stereocenters. The molecule has 128 valence electrons. The summed E-state index contributed by atoms with van der Waals surface area (Å²) in [7, 11) is 0. The minimum Gasteiger partial charge on any atom is -0.324 e. The van der Waals surface area contributed by atoms with Gasteiger partial charge >= 0.3 is 0 Å². The molecule has 1 N–H and O–H groups in total. The van der Waals surface area contributed by atoms with E-state index in [4.69, 9.17) is 0 Å². The number of carbonyl (C=O) groups is 1. The summed E-state index contributed by atoms with van der Waals surface area (Å²) in [5.74, 6) is 0.683. The van der Waals surface area contributed by atoms with Gasteiger partial charge < -0.3 is 9.88 Å². The molecule has 1 aliphatic carbocycles. The van der Waals surface area contributed by atoms with Crippen molar-refractivity contribution in [3.63, 3.8) is 0 Å². The van der Waals surface area contributed by atoms with Gasteiger partial charge in [0.25, 0.3) is 5.91 Å². The van der Waals surface area contributed by atoms with Crippen molar-refractivity contribution in [2.24, 2.45) is 0 Å². The van der Waals surface area contributed by atoms with Gasteiger partial charge in [0, 0.05) is 29.7 Å². The highest BCUT2D eigenvalue weighted by Gasteiger charge is 2.19. The molecule has 5 nitrogen and oxygen atoms in total. The maximum Gasteiger partial charge on any atom is 0.256 e. The Labute approximate surface area is 147 Å². The Hall–Kier alpha value is -2.82.